The van der Waals surface area contributed by atoms with Crippen LogP contribution in [0.25, 0.3) is 10.9 Å². The molecule has 1 aromatic carbocycles. The maximum atomic E-state index is 5.99. The Morgan fingerprint density at radius 1 is 1.27 bits per heavy atom. The summed E-state index contributed by atoms with van der Waals surface area (Å²) in [4.78, 5) is 0. The number of fused-ring (bicyclic) bond motifs is 1. The van der Waals surface area contributed by atoms with Gasteiger partial charge in [-0.2, -0.15) is 0 Å². The third-order valence-corrected chi connectivity index (χ3v) is 2.77. The highest BCUT2D eigenvalue weighted by Gasteiger charge is 2.04. The van der Waals surface area contributed by atoms with E-state index in [0.717, 1.165) is 18.2 Å². The number of rotatable bonds is 3. The maximum Gasteiger partial charge on any atom is 0.0713 e. The second kappa shape index (κ2) is 3.97. The highest BCUT2D eigenvalue weighted by Crippen LogP contribution is 2.22. The monoisotopic (exact) mass is 202 g/mol. The predicted octanol–water partition coefficient (Wildman–Crippen LogP) is 3.27. The van der Waals surface area contributed by atoms with E-state index in [1.54, 1.807) is 0 Å². The van der Waals surface area contributed by atoms with E-state index in [0.29, 0.717) is 0 Å². The van der Waals surface area contributed by atoms with Crippen LogP contribution in [0.2, 0.25) is 0 Å². The normalized spacial score (nSPS) is 11.4. The average Bonchev–Trinajstić information content (AvgIpc) is 2.59. The number of nitrogen functional groups attached to an aromatic ring is 1. The molecule has 0 aliphatic carbocycles. The van der Waals surface area contributed by atoms with Crippen molar-refractivity contribution in [3.63, 3.8) is 0 Å². The molecule has 0 saturated heterocycles. The van der Waals surface area contributed by atoms with Crippen molar-refractivity contribution in [3.05, 3.63) is 30.5 Å². The third-order valence-electron chi connectivity index (χ3n) is 2.77. The van der Waals surface area contributed by atoms with Crippen molar-refractivity contribution in [2.24, 2.45) is 5.92 Å². The molecule has 0 aliphatic heterocycles. The van der Waals surface area contributed by atoms with Gasteiger partial charge >= 0.3 is 0 Å². The van der Waals surface area contributed by atoms with E-state index < -0.39 is 0 Å². The molecule has 0 aliphatic rings. The number of aryl methyl sites for hydroxylation is 1. The largest absolute Gasteiger partial charge is 0.397 e. The molecule has 2 aromatic rings. The van der Waals surface area contributed by atoms with Gasteiger partial charge in [0.25, 0.3) is 0 Å². The first kappa shape index (κ1) is 10.1. The van der Waals surface area contributed by atoms with Crippen LogP contribution in [0.3, 0.4) is 0 Å². The SMILES string of the molecule is CC(C)CCn1ccc2cccc(N)c21. The Hall–Kier alpha value is -1.44. The molecule has 15 heavy (non-hydrogen) atoms. The summed E-state index contributed by atoms with van der Waals surface area (Å²) in [5.41, 5.74) is 8.04. The zero-order chi connectivity index (χ0) is 10.8. The molecule has 0 fully saturated rings. The molecule has 0 radical (unpaired) electrons. The lowest BCUT2D eigenvalue weighted by atomic mass is 10.1. The van der Waals surface area contributed by atoms with Crippen molar-refractivity contribution in [2.45, 2.75) is 26.8 Å². The summed E-state index contributed by atoms with van der Waals surface area (Å²) in [5, 5.41) is 1.23. The lowest BCUT2D eigenvalue weighted by molar-refractivity contribution is 0.524. The lowest BCUT2D eigenvalue weighted by Crippen LogP contribution is -2.01. The van der Waals surface area contributed by atoms with Crippen LogP contribution in [0.1, 0.15) is 20.3 Å². The van der Waals surface area contributed by atoms with E-state index >= 15 is 0 Å². The minimum atomic E-state index is 0.729. The van der Waals surface area contributed by atoms with E-state index in [9.17, 15) is 0 Å². The molecule has 0 unspecified atom stereocenters. The fourth-order valence-electron chi connectivity index (χ4n) is 1.87. The number of benzene rings is 1. The minimum absolute atomic E-state index is 0.729. The lowest BCUT2D eigenvalue weighted by Gasteiger charge is -2.09. The first-order valence-corrected chi connectivity index (χ1v) is 5.52. The number of hydrogen-bond acceptors (Lipinski definition) is 1. The number of para-hydroxylation sites is 1. The Balaban J connectivity index is 2.35. The first-order chi connectivity index (χ1) is 7.18. The van der Waals surface area contributed by atoms with E-state index in [-0.39, 0.29) is 0 Å². The fourth-order valence-corrected chi connectivity index (χ4v) is 1.87. The van der Waals surface area contributed by atoms with E-state index in [1.165, 1.54) is 17.3 Å². The van der Waals surface area contributed by atoms with Crippen LogP contribution in [-0.2, 0) is 6.54 Å². The minimum Gasteiger partial charge on any atom is -0.397 e. The third kappa shape index (κ3) is 1.99. The number of hydrogen-bond donors (Lipinski definition) is 1. The molecule has 2 rings (SSSR count). The highest BCUT2D eigenvalue weighted by molar-refractivity contribution is 5.90. The smallest absolute Gasteiger partial charge is 0.0713 e. The molecule has 1 heterocycles. The van der Waals surface area contributed by atoms with Gasteiger partial charge in [-0.3, -0.25) is 0 Å². The van der Waals surface area contributed by atoms with Crippen molar-refractivity contribution < 1.29 is 0 Å². The number of anilines is 1. The standard InChI is InChI=1S/C13H18N2/c1-10(2)6-8-15-9-7-11-4-3-5-12(14)13(11)15/h3-5,7,9-10H,6,8,14H2,1-2H3. The quantitative estimate of drug-likeness (QED) is 0.761. The van der Waals surface area contributed by atoms with Crippen molar-refractivity contribution in [3.8, 4) is 0 Å². The van der Waals surface area contributed by atoms with Crippen LogP contribution in [0.5, 0.6) is 0 Å². The summed E-state index contributed by atoms with van der Waals surface area (Å²) < 4.78 is 2.25. The molecule has 1 aromatic heterocycles. The van der Waals surface area contributed by atoms with E-state index in [4.69, 9.17) is 5.73 Å². The molecule has 0 amide bonds. The van der Waals surface area contributed by atoms with Crippen molar-refractivity contribution in [1.29, 1.82) is 0 Å². The summed E-state index contributed by atoms with van der Waals surface area (Å²) in [6.07, 6.45) is 3.32. The average molecular weight is 202 g/mol. The highest BCUT2D eigenvalue weighted by atomic mass is 15.0. The fraction of sp³-hybridized carbons (Fsp3) is 0.385. The van der Waals surface area contributed by atoms with Gasteiger partial charge in [0.05, 0.1) is 11.2 Å². The van der Waals surface area contributed by atoms with E-state index in [1.807, 2.05) is 12.1 Å². The topological polar surface area (TPSA) is 30.9 Å². The van der Waals surface area contributed by atoms with Gasteiger partial charge < -0.3 is 10.3 Å². The molecule has 0 spiro atoms. The second-order valence-electron chi connectivity index (χ2n) is 4.48. The molecule has 2 heteroatoms. The Morgan fingerprint density at radius 3 is 2.80 bits per heavy atom. The second-order valence-corrected chi connectivity index (χ2v) is 4.48. The van der Waals surface area contributed by atoms with Crippen molar-refractivity contribution in [1.82, 2.24) is 4.57 Å². The zero-order valence-electron chi connectivity index (χ0n) is 9.40. The van der Waals surface area contributed by atoms with Gasteiger partial charge in [0, 0.05) is 18.1 Å². The number of nitrogens with two attached hydrogens (primary N) is 1. The Morgan fingerprint density at radius 2 is 2.07 bits per heavy atom. The summed E-state index contributed by atoms with van der Waals surface area (Å²) >= 11 is 0. The molecule has 0 bridgehead atoms. The van der Waals surface area contributed by atoms with Gasteiger partial charge in [-0.05, 0) is 24.5 Å². The van der Waals surface area contributed by atoms with Crippen molar-refractivity contribution in [2.75, 3.05) is 5.73 Å². The first-order valence-electron chi connectivity index (χ1n) is 5.52. The molecule has 0 saturated carbocycles. The van der Waals surface area contributed by atoms with Crippen LogP contribution in [0.15, 0.2) is 30.5 Å². The molecular weight excluding hydrogens is 184 g/mol. The molecule has 80 valence electrons. The van der Waals surface area contributed by atoms with Gasteiger partial charge in [0.1, 0.15) is 0 Å². The van der Waals surface area contributed by atoms with Gasteiger partial charge in [-0.1, -0.05) is 26.0 Å². The van der Waals surface area contributed by atoms with Gasteiger partial charge in [-0.25, -0.2) is 0 Å². The maximum absolute atomic E-state index is 5.99. The summed E-state index contributed by atoms with van der Waals surface area (Å²) in [7, 11) is 0. The van der Waals surface area contributed by atoms with Crippen LogP contribution in [0, 0.1) is 5.92 Å². The zero-order valence-corrected chi connectivity index (χ0v) is 9.40. The van der Waals surface area contributed by atoms with Crippen LogP contribution >= 0.6 is 0 Å². The van der Waals surface area contributed by atoms with Crippen LogP contribution in [-0.4, -0.2) is 4.57 Å². The van der Waals surface area contributed by atoms with E-state index in [2.05, 4.69) is 36.7 Å². The predicted molar refractivity (Wildman–Crippen MR) is 65.8 cm³/mol. The van der Waals surface area contributed by atoms with Crippen LogP contribution in [0.4, 0.5) is 5.69 Å². The summed E-state index contributed by atoms with van der Waals surface area (Å²) in [6.45, 7) is 5.54. The van der Waals surface area contributed by atoms with Gasteiger partial charge in [0.2, 0.25) is 0 Å². The molecular formula is C13H18N2. The summed E-state index contributed by atoms with van der Waals surface area (Å²) in [5.74, 6) is 0.729. The molecule has 2 N–H and O–H groups in total. The van der Waals surface area contributed by atoms with Gasteiger partial charge in [0.15, 0.2) is 0 Å². The molecule has 0 atom stereocenters. The van der Waals surface area contributed by atoms with Crippen LogP contribution < -0.4 is 5.73 Å². The Labute approximate surface area is 90.7 Å². The number of aromatic nitrogens is 1. The van der Waals surface area contributed by atoms with Gasteiger partial charge in [-0.15, -0.1) is 0 Å². The Bertz CT molecular complexity index is 455. The van der Waals surface area contributed by atoms with Crippen molar-refractivity contribution >= 4 is 16.6 Å². The Kier molecular flexibility index (Phi) is 2.67. The number of nitrogens with zero attached hydrogens (tertiary/aromatic N) is 1. The molecule has 2 nitrogen and oxygen atoms in total. The summed E-state index contributed by atoms with van der Waals surface area (Å²) in [6, 6.07) is 8.21.